The molecule has 1 N–H and O–H groups in total. The van der Waals surface area contributed by atoms with Gasteiger partial charge < -0.3 is 14.7 Å². The van der Waals surface area contributed by atoms with Gasteiger partial charge in [-0.2, -0.15) is 0 Å². The maximum Gasteiger partial charge on any atom is 0.306 e. The molecule has 0 bridgehead atoms. The second kappa shape index (κ2) is 7.50. The lowest BCUT2D eigenvalue weighted by Crippen LogP contribution is -2.46. The number of nitrogens with zero attached hydrogens (tertiary/aromatic N) is 3. The predicted molar refractivity (Wildman–Crippen MR) is 87.6 cm³/mol. The first-order valence-corrected chi connectivity index (χ1v) is 8.46. The number of carbonyl (C=O) groups is 2. The van der Waals surface area contributed by atoms with Gasteiger partial charge in [0.05, 0.1) is 31.2 Å². The van der Waals surface area contributed by atoms with Gasteiger partial charge in [0.25, 0.3) is 0 Å². The number of hydrogen-bond donors (Lipinski definition) is 1. The normalized spacial score (nSPS) is 17.7. The lowest BCUT2D eigenvalue weighted by atomic mass is 10.2. The van der Waals surface area contributed by atoms with Gasteiger partial charge in [0.1, 0.15) is 5.01 Å². The Bertz CT molecular complexity index is 719. The summed E-state index contributed by atoms with van der Waals surface area (Å²) >= 11 is 1.48. The molecule has 1 aliphatic rings. The molecule has 0 aliphatic carbocycles. The maximum absolute atomic E-state index is 12.4. The molecule has 1 aliphatic heterocycles. The van der Waals surface area contributed by atoms with Crippen molar-refractivity contribution in [2.75, 3.05) is 19.7 Å². The quantitative estimate of drug-likeness (QED) is 0.880. The molecule has 24 heavy (non-hydrogen) atoms. The standard InChI is InChI=1S/C16H17N3O4S/c20-14(19-4-5-23-13(9-19)7-15(21)22)6-12-10-24-16(18-12)11-2-1-3-17-8-11/h1-3,8,10,13H,4-7,9H2,(H,21,22)/t13-/m0/s1. The zero-order valence-corrected chi connectivity index (χ0v) is 13.7. The first-order valence-electron chi connectivity index (χ1n) is 7.58. The molecule has 126 valence electrons. The number of carboxylic acid groups (broad SMARTS) is 1. The molecular formula is C16H17N3O4S. The lowest BCUT2D eigenvalue weighted by Gasteiger charge is -2.32. The van der Waals surface area contributed by atoms with Crippen molar-refractivity contribution in [2.24, 2.45) is 0 Å². The predicted octanol–water partition coefficient (Wildman–Crippen LogP) is 1.45. The number of aliphatic carboxylic acids is 1. The molecule has 1 saturated heterocycles. The second-order valence-corrected chi connectivity index (χ2v) is 6.35. The number of morpholine rings is 1. The van der Waals surface area contributed by atoms with Gasteiger partial charge in [0.15, 0.2) is 0 Å². The molecule has 1 fully saturated rings. The first-order chi connectivity index (χ1) is 11.6. The van der Waals surface area contributed by atoms with E-state index in [1.165, 1.54) is 11.3 Å². The van der Waals surface area contributed by atoms with Crippen LogP contribution in [0.25, 0.3) is 10.6 Å². The van der Waals surface area contributed by atoms with Crippen molar-refractivity contribution in [2.45, 2.75) is 18.9 Å². The molecule has 7 nitrogen and oxygen atoms in total. The molecule has 1 amide bonds. The van der Waals surface area contributed by atoms with Crippen molar-refractivity contribution in [1.82, 2.24) is 14.9 Å². The number of amides is 1. The summed E-state index contributed by atoms with van der Waals surface area (Å²) in [5.74, 6) is -0.980. The highest BCUT2D eigenvalue weighted by molar-refractivity contribution is 7.13. The minimum Gasteiger partial charge on any atom is -0.481 e. The van der Waals surface area contributed by atoms with E-state index in [1.807, 2.05) is 17.5 Å². The van der Waals surface area contributed by atoms with Crippen molar-refractivity contribution in [3.8, 4) is 10.6 Å². The van der Waals surface area contributed by atoms with E-state index in [0.717, 1.165) is 10.6 Å². The van der Waals surface area contributed by atoms with Crippen LogP contribution in [-0.4, -0.2) is 57.7 Å². The van der Waals surface area contributed by atoms with Gasteiger partial charge in [-0.05, 0) is 12.1 Å². The fourth-order valence-corrected chi connectivity index (χ4v) is 3.35. The van der Waals surface area contributed by atoms with E-state index >= 15 is 0 Å². The zero-order chi connectivity index (χ0) is 16.9. The van der Waals surface area contributed by atoms with Gasteiger partial charge in [-0.1, -0.05) is 0 Å². The van der Waals surface area contributed by atoms with E-state index in [9.17, 15) is 9.59 Å². The Morgan fingerprint density at radius 2 is 2.33 bits per heavy atom. The van der Waals surface area contributed by atoms with Gasteiger partial charge in [0.2, 0.25) is 5.91 Å². The monoisotopic (exact) mass is 347 g/mol. The van der Waals surface area contributed by atoms with Gasteiger partial charge in [-0.25, -0.2) is 4.98 Å². The third kappa shape index (κ3) is 4.15. The van der Waals surface area contributed by atoms with Crippen LogP contribution in [0.15, 0.2) is 29.9 Å². The summed E-state index contributed by atoms with van der Waals surface area (Å²) in [6, 6.07) is 3.77. The molecule has 3 rings (SSSR count). The number of hydrogen-bond acceptors (Lipinski definition) is 6. The van der Waals surface area contributed by atoms with E-state index in [-0.39, 0.29) is 18.7 Å². The largest absolute Gasteiger partial charge is 0.481 e. The first kappa shape index (κ1) is 16.5. The number of rotatable bonds is 5. The van der Waals surface area contributed by atoms with E-state index < -0.39 is 12.1 Å². The van der Waals surface area contributed by atoms with Crippen LogP contribution in [0, 0.1) is 0 Å². The summed E-state index contributed by atoms with van der Waals surface area (Å²) in [6.45, 7) is 1.15. The van der Waals surface area contributed by atoms with Crippen molar-refractivity contribution in [1.29, 1.82) is 0 Å². The number of aromatic nitrogens is 2. The summed E-state index contributed by atoms with van der Waals surface area (Å²) in [6.07, 6.45) is 3.11. The average molecular weight is 347 g/mol. The maximum atomic E-state index is 12.4. The molecule has 3 heterocycles. The summed E-state index contributed by atoms with van der Waals surface area (Å²) in [5.41, 5.74) is 1.64. The zero-order valence-electron chi connectivity index (χ0n) is 12.9. The number of thiazole rings is 1. The molecule has 2 aromatic rings. The summed E-state index contributed by atoms with van der Waals surface area (Å²) in [7, 11) is 0. The SMILES string of the molecule is O=C(O)C[C@H]1CN(C(=O)Cc2csc(-c3cccnc3)n2)CCO1. The molecule has 2 aromatic heterocycles. The Morgan fingerprint density at radius 3 is 3.08 bits per heavy atom. The number of carbonyl (C=O) groups excluding carboxylic acids is 1. The number of ether oxygens (including phenoxy) is 1. The van der Waals surface area contributed by atoms with E-state index in [1.54, 1.807) is 17.3 Å². The Morgan fingerprint density at radius 1 is 1.46 bits per heavy atom. The Hall–Kier alpha value is -2.32. The Kier molecular flexibility index (Phi) is 5.17. The molecular weight excluding hydrogens is 330 g/mol. The minimum atomic E-state index is -0.921. The highest BCUT2D eigenvalue weighted by Gasteiger charge is 2.26. The average Bonchev–Trinajstić information content (AvgIpc) is 3.04. The molecule has 0 unspecified atom stereocenters. The van der Waals surface area contributed by atoms with Crippen LogP contribution < -0.4 is 0 Å². The Balaban J connectivity index is 1.61. The molecule has 0 saturated carbocycles. The molecule has 8 heteroatoms. The summed E-state index contributed by atoms with van der Waals surface area (Å²) in [4.78, 5) is 33.4. The minimum absolute atomic E-state index is 0.0586. The smallest absolute Gasteiger partial charge is 0.306 e. The summed E-state index contributed by atoms with van der Waals surface area (Å²) in [5, 5.41) is 11.5. The van der Waals surface area contributed by atoms with Crippen LogP contribution >= 0.6 is 11.3 Å². The van der Waals surface area contributed by atoms with Gasteiger partial charge in [0, 0.05) is 36.4 Å². The topological polar surface area (TPSA) is 92.6 Å². The third-order valence-corrected chi connectivity index (χ3v) is 4.63. The fraction of sp³-hybridized carbons (Fsp3) is 0.375. The van der Waals surface area contributed by atoms with Crippen LogP contribution in [0.4, 0.5) is 0 Å². The van der Waals surface area contributed by atoms with E-state index in [2.05, 4.69) is 9.97 Å². The molecule has 1 atom stereocenters. The lowest BCUT2D eigenvalue weighted by molar-refractivity contribution is -0.147. The number of pyridine rings is 1. The van der Waals surface area contributed by atoms with Crippen molar-refractivity contribution < 1.29 is 19.4 Å². The highest BCUT2D eigenvalue weighted by atomic mass is 32.1. The van der Waals surface area contributed by atoms with Gasteiger partial charge in [-0.3, -0.25) is 14.6 Å². The second-order valence-electron chi connectivity index (χ2n) is 5.49. The van der Waals surface area contributed by atoms with Crippen LogP contribution in [0.5, 0.6) is 0 Å². The molecule has 0 radical (unpaired) electrons. The molecule has 0 aromatic carbocycles. The van der Waals surface area contributed by atoms with Crippen molar-refractivity contribution in [3.63, 3.8) is 0 Å². The van der Waals surface area contributed by atoms with E-state index in [0.29, 0.717) is 25.4 Å². The van der Waals surface area contributed by atoms with Crippen LogP contribution in [0.2, 0.25) is 0 Å². The van der Waals surface area contributed by atoms with Gasteiger partial charge >= 0.3 is 5.97 Å². The van der Waals surface area contributed by atoms with Crippen LogP contribution in [0.1, 0.15) is 12.1 Å². The Labute approximate surface area is 142 Å². The third-order valence-electron chi connectivity index (χ3n) is 3.69. The van der Waals surface area contributed by atoms with Gasteiger partial charge in [-0.15, -0.1) is 11.3 Å². The van der Waals surface area contributed by atoms with Crippen LogP contribution in [-0.2, 0) is 20.7 Å². The number of carboxylic acids is 1. The van der Waals surface area contributed by atoms with Crippen LogP contribution in [0.3, 0.4) is 0 Å². The molecule has 0 spiro atoms. The van der Waals surface area contributed by atoms with E-state index in [4.69, 9.17) is 9.84 Å². The highest BCUT2D eigenvalue weighted by Crippen LogP contribution is 2.23. The summed E-state index contributed by atoms with van der Waals surface area (Å²) < 4.78 is 5.39. The van der Waals surface area contributed by atoms with Crippen molar-refractivity contribution >= 4 is 23.2 Å². The fourth-order valence-electron chi connectivity index (χ4n) is 2.54. The van der Waals surface area contributed by atoms with Crippen molar-refractivity contribution in [3.05, 3.63) is 35.6 Å².